The Morgan fingerprint density at radius 1 is 0.455 bits per heavy atom. The van der Waals surface area contributed by atoms with E-state index in [9.17, 15) is 0 Å². The molecule has 0 unspecified atom stereocenters. The molecule has 1 heteroatoms. The minimum atomic E-state index is -2.22. The first-order chi connectivity index (χ1) is 10.9. The molecule has 0 radical (unpaired) electrons. The second kappa shape index (κ2) is 5.07. The molecule has 0 atom stereocenters. The van der Waals surface area contributed by atoms with E-state index in [1.54, 1.807) is 15.9 Å². The van der Waals surface area contributed by atoms with Gasteiger partial charge in [0.15, 0.2) is 0 Å². The summed E-state index contributed by atoms with van der Waals surface area (Å²) in [6.45, 7) is -2.22. The molecule has 0 spiro atoms. The molecule has 110 valence electrons. The van der Waals surface area contributed by atoms with Gasteiger partial charge in [0.2, 0.25) is 0 Å². The quantitative estimate of drug-likeness (QED) is 0.643. The van der Waals surface area contributed by atoms with Gasteiger partial charge in [0.25, 0.3) is 0 Å². The fourth-order valence-electron chi connectivity index (χ4n) is 4.22. The van der Waals surface area contributed by atoms with E-state index in [0.29, 0.717) is 0 Å². The Hall–Kier alpha value is -1.91. The average molecular weight is 304 g/mol. The monoisotopic (exact) mass is 304 g/mol. The Bertz CT molecular complexity index is 655. The van der Waals surface area contributed by atoms with Crippen molar-refractivity contribution in [2.24, 2.45) is 0 Å². The summed E-state index contributed by atoms with van der Waals surface area (Å²) < 4.78 is 0. The molecule has 1 saturated heterocycles. The number of benzene rings is 3. The van der Waals surface area contributed by atoms with E-state index < -0.39 is 6.60 Å². The predicted molar refractivity (Wildman–Crippen MR) is 99.5 cm³/mol. The van der Waals surface area contributed by atoms with E-state index in [2.05, 4.69) is 91.0 Å². The summed E-state index contributed by atoms with van der Waals surface area (Å²) >= 11 is 0. The molecule has 0 nitrogen and oxygen atoms in total. The van der Waals surface area contributed by atoms with Crippen molar-refractivity contribution in [1.82, 2.24) is 0 Å². The second-order valence-electron chi connectivity index (χ2n) is 6.32. The second-order valence-corrected chi connectivity index (χ2v) is 11.8. The summed E-state index contributed by atoms with van der Waals surface area (Å²) in [7, 11) is 0. The van der Waals surface area contributed by atoms with E-state index in [1.165, 1.54) is 18.7 Å². The molecule has 4 rings (SSSR count). The molecule has 3 aromatic carbocycles. The Morgan fingerprint density at radius 2 is 0.773 bits per heavy atom. The van der Waals surface area contributed by atoms with Gasteiger partial charge in [-0.25, -0.2) is 0 Å². The third-order valence-corrected chi connectivity index (χ3v) is 12.7. The third kappa shape index (κ3) is 1.68. The van der Waals surface area contributed by atoms with Crippen molar-refractivity contribution in [1.29, 1.82) is 0 Å². The van der Waals surface area contributed by atoms with Crippen molar-refractivity contribution >= 4 is 22.5 Å². The Balaban J connectivity index is 2.09. The molecule has 1 aliphatic heterocycles. The molecular formula is C21H21P. The molecule has 22 heavy (non-hydrogen) atoms. The first-order valence-electron chi connectivity index (χ1n) is 8.04. The summed E-state index contributed by atoms with van der Waals surface area (Å²) in [6.07, 6.45) is 3.95. The van der Waals surface area contributed by atoms with Crippen molar-refractivity contribution in [3.8, 4) is 0 Å². The fraction of sp³-hybridized carbons (Fsp3) is 0.143. The van der Waals surface area contributed by atoms with Crippen LogP contribution in [0.2, 0.25) is 0 Å². The van der Waals surface area contributed by atoms with Crippen LogP contribution in [0, 0.1) is 0 Å². The molecule has 0 bridgehead atoms. The van der Waals surface area contributed by atoms with Crippen LogP contribution in [0.5, 0.6) is 0 Å². The van der Waals surface area contributed by atoms with E-state index in [4.69, 9.17) is 0 Å². The van der Waals surface area contributed by atoms with Crippen LogP contribution in [0.15, 0.2) is 91.0 Å². The van der Waals surface area contributed by atoms with E-state index in [0.717, 1.165) is 0 Å². The van der Waals surface area contributed by atoms with Gasteiger partial charge in [0.1, 0.15) is 0 Å². The fourth-order valence-corrected chi connectivity index (χ4v) is 10.6. The third-order valence-electron chi connectivity index (χ3n) is 5.44. The van der Waals surface area contributed by atoms with E-state index >= 15 is 0 Å². The summed E-state index contributed by atoms with van der Waals surface area (Å²) in [5, 5.41) is 4.66. The normalized spacial score (nSPS) is 20.3. The van der Waals surface area contributed by atoms with Crippen LogP contribution in [0.4, 0.5) is 0 Å². The van der Waals surface area contributed by atoms with Gasteiger partial charge < -0.3 is 0 Å². The standard InChI is InChI=1S/C21H21P/c1-4-11-19(12-5-1)22(17-10-18-22,20-13-6-2-7-14-20)21-15-8-3-9-16-21/h1-9,11-16H,10,17-18H2. The molecule has 0 saturated carbocycles. The van der Waals surface area contributed by atoms with Gasteiger partial charge in [-0.15, -0.1) is 0 Å². The SMILES string of the molecule is c1ccc(P2(c3ccccc3)(c3ccccc3)CCC2)cc1. The van der Waals surface area contributed by atoms with E-state index in [-0.39, 0.29) is 0 Å². The van der Waals surface area contributed by atoms with Crippen LogP contribution >= 0.6 is 6.60 Å². The zero-order chi connectivity index (χ0) is 14.9. The van der Waals surface area contributed by atoms with Crippen LogP contribution in [0.3, 0.4) is 0 Å². The van der Waals surface area contributed by atoms with E-state index in [1.807, 2.05) is 0 Å². The van der Waals surface area contributed by atoms with Gasteiger partial charge in [-0.1, -0.05) is 0 Å². The average Bonchev–Trinajstić information content (AvgIpc) is 2.58. The van der Waals surface area contributed by atoms with Crippen LogP contribution in [0.25, 0.3) is 0 Å². The first kappa shape index (κ1) is 13.7. The summed E-state index contributed by atoms with van der Waals surface area (Å²) in [6, 6.07) is 33.8. The number of hydrogen-bond donors (Lipinski definition) is 0. The van der Waals surface area contributed by atoms with Crippen LogP contribution in [-0.2, 0) is 0 Å². The van der Waals surface area contributed by atoms with Crippen molar-refractivity contribution in [3.63, 3.8) is 0 Å². The van der Waals surface area contributed by atoms with Gasteiger partial charge in [-0.2, -0.15) is 0 Å². The topological polar surface area (TPSA) is 0 Å². The molecule has 0 N–H and O–H groups in total. The van der Waals surface area contributed by atoms with Crippen molar-refractivity contribution in [2.45, 2.75) is 6.42 Å². The van der Waals surface area contributed by atoms with Gasteiger partial charge in [0, 0.05) is 0 Å². The van der Waals surface area contributed by atoms with Crippen LogP contribution < -0.4 is 15.9 Å². The predicted octanol–water partition coefficient (Wildman–Crippen LogP) is 3.92. The molecule has 0 aromatic heterocycles. The Labute approximate surface area is 132 Å². The summed E-state index contributed by atoms with van der Waals surface area (Å²) in [5.41, 5.74) is 0. The van der Waals surface area contributed by atoms with Crippen LogP contribution in [0.1, 0.15) is 6.42 Å². The molecule has 1 fully saturated rings. The van der Waals surface area contributed by atoms with Gasteiger partial charge in [0.05, 0.1) is 0 Å². The number of rotatable bonds is 3. The summed E-state index contributed by atoms with van der Waals surface area (Å²) in [5.74, 6) is 0. The minimum absolute atomic E-state index is 1.31. The maximum atomic E-state index is 2.36. The maximum absolute atomic E-state index is 2.36. The molecular weight excluding hydrogens is 283 g/mol. The molecule has 0 aliphatic carbocycles. The molecule has 3 aromatic rings. The van der Waals surface area contributed by atoms with Gasteiger partial charge in [-0.3, -0.25) is 0 Å². The van der Waals surface area contributed by atoms with Crippen LogP contribution in [-0.4, -0.2) is 12.3 Å². The summed E-state index contributed by atoms with van der Waals surface area (Å²) in [4.78, 5) is 0. The Morgan fingerprint density at radius 3 is 1.00 bits per heavy atom. The number of hydrogen-bond acceptors (Lipinski definition) is 0. The zero-order valence-electron chi connectivity index (χ0n) is 12.7. The zero-order valence-corrected chi connectivity index (χ0v) is 13.6. The molecule has 1 heterocycles. The first-order valence-corrected chi connectivity index (χ1v) is 10.6. The van der Waals surface area contributed by atoms with Crippen molar-refractivity contribution in [3.05, 3.63) is 91.0 Å². The Kier molecular flexibility index (Phi) is 3.17. The van der Waals surface area contributed by atoms with Crippen molar-refractivity contribution in [2.75, 3.05) is 12.3 Å². The van der Waals surface area contributed by atoms with Crippen molar-refractivity contribution < 1.29 is 0 Å². The van der Waals surface area contributed by atoms with Gasteiger partial charge in [-0.05, 0) is 0 Å². The molecule has 1 aliphatic rings. The molecule has 0 amide bonds. The van der Waals surface area contributed by atoms with Gasteiger partial charge >= 0.3 is 132 Å².